The third-order valence-electron chi connectivity index (χ3n) is 4.46. The molecule has 0 unspecified atom stereocenters. The second-order valence-corrected chi connectivity index (χ2v) is 7.79. The van der Waals surface area contributed by atoms with Crippen molar-refractivity contribution in [3.05, 3.63) is 30.4 Å². The average molecular weight is 333 g/mol. The molecule has 124 valence electrons. The van der Waals surface area contributed by atoms with Crippen LogP contribution in [0.3, 0.4) is 0 Å². The summed E-state index contributed by atoms with van der Waals surface area (Å²) < 4.78 is 1.99. The summed E-state index contributed by atoms with van der Waals surface area (Å²) >= 11 is 1.89. The molecule has 1 aliphatic rings. The van der Waals surface area contributed by atoms with Crippen molar-refractivity contribution in [3.8, 4) is 0 Å². The second kappa shape index (κ2) is 6.43. The van der Waals surface area contributed by atoms with Crippen LogP contribution >= 0.6 is 11.8 Å². The zero-order chi connectivity index (χ0) is 16.4. The molecule has 1 aliphatic carbocycles. The van der Waals surface area contributed by atoms with E-state index in [1.54, 1.807) is 0 Å². The lowest BCUT2D eigenvalue weighted by Gasteiger charge is -2.23. The summed E-state index contributed by atoms with van der Waals surface area (Å²) in [6.45, 7) is 3.66. The third kappa shape index (κ3) is 3.47. The summed E-state index contributed by atoms with van der Waals surface area (Å²) in [5.74, 6) is 2.68. The number of hydrogen-bond acceptors (Lipinski definition) is 3. The molecule has 3 rings (SSSR count). The number of thioether (sulfide) groups is 1. The Morgan fingerprint density at radius 1 is 1.48 bits per heavy atom. The van der Waals surface area contributed by atoms with E-state index in [0.29, 0.717) is 5.82 Å². The number of amides is 1. The molecule has 0 atom stereocenters. The predicted octanol–water partition coefficient (Wildman–Crippen LogP) is 4.12. The molecule has 0 aliphatic heterocycles. The van der Waals surface area contributed by atoms with Gasteiger partial charge in [0.1, 0.15) is 5.82 Å². The van der Waals surface area contributed by atoms with E-state index in [9.17, 15) is 4.79 Å². The summed E-state index contributed by atoms with van der Waals surface area (Å²) in [5.41, 5.74) is 0.304. The van der Waals surface area contributed by atoms with Gasteiger partial charge in [-0.3, -0.25) is 0 Å². The average Bonchev–Trinajstić information content (AvgIpc) is 3.13. The van der Waals surface area contributed by atoms with Gasteiger partial charge in [0.15, 0.2) is 0 Å². The molecule has 5 nitrogen and oxygen atoms in total. The van der Waals surface area contributed by atoms with E-state index in [0.717, 1.165) is 17.2 Å². The molecule has 0 radical (unpaired) electrons. The Balaban J connectivity index is 1.86. The number of nitrogens with zero attached hydrogens (tertiary/aromatic N) is 2. The third-order valence-corrected chi connectivity index (χ3v) is 5.75. The first-order chi connectivity index (χ1) is 11.0. The van der Waals surface area contributed by atoms with Crippen molar-refractivity contribution < 1.29 is 9.90 Å². The van der Waals surface area contributed by atoms with Gasteiger partial charge >= 0.3 is 6.09 Å². The molecule has 0 spiro atoms. The number of pyridine rings is 1. The van der Waals surface area contributed by atoms with Gasteiger partial charge in [0.2, 0.25) is 0 Å². The van der Waals surface area contributed by atoms with Crippen LogP contribution in [0.15, 0.2) is 29.4 Å². The van der Waals surface area contributed by atoms with Gasteiger partial charge in [-0.05, 0) is 44.7 Å². The molecule has 0 aromatic carbocycles. The number of hydrogen-bond donors (Lipinski definition) is 2. The lowest BCUT2D eigenvalue weighted by molar-refractivity contribution is 0.181. The minimum Gasteiger partial charge on any atom is -0.465 e. The van der Waals surface area contributed by atoms with Crippen LogP contribution in [0, 0.1) is 5.92 Å². The number of rotatable bonds is 5. The van der Waals surface area contributed by atoms with Gasteiger partial charge in [0, 0.05) is 16.8 Å². The molecule has 2 heterocycles. The molecule has 6 heteroatoms. The summed E-state index contributed by atoms with van der Waals surface area (Å²) in [5, 5.41) is 11.6. The van der Waals surface area contributed by atoms with E-state index in [1.807, 2.05) is 48.5 Å². The van der Waals surface area contributed by atoms with Crippen LogP contribution in [0.5, 0.6) is 0 Å². The van der Waals surface area contributed by atoms with Gasteiger partial charge < -0.3 is 14.8 Å². The van der Waals surface area contributed by atoms with E-state index in [4.69, 9.17) is 5.11 Å². The smallest absolute Gasteiger partial charge is 0.405 e. The Bertz CT molecular complexity index is 705. The highest BCUT2D eigenvalue weighted by atomic mass is 32.2. The van der Waals surface area contributed by atoms with Gasteiger partial charge in [0.05, 0.1) is 17.3 Å². The van der Waals surface area contributed by atoms with E-state index in [-0.39, 0.29) is 0 Å². The van der Waals surface area contributed by atoms with E-state index in [2.05, 4.69) is 16.4 Å². The molecule has 1 fully saturated rings. The molecular formula is C17H23N3O2S. The van der Waals surface area contributed by atoms with Crippen molar-refractivity contribution in [2.24, 2.45) is 5.92 Å². The Hall–Kier alpha value is -1.69. The first-order valence-corrected chi connectivity index (χ1v) is 9.06. The molecule has 2 aromatic rings. The summed E-state index contributed by atoms with van der Waals surface area (Å²) in [4.78, 5) is 16.7. The quantitative estimate of drug-likeness (QED) is 0.808. The Morgan fingerprint density at radius 3 is 2.91 bits per heavy atom. The van der Waals surface area contributed by atoms with Crippen LogP contribution in [-0.4, -0.2) is 26.3 Å². The van der Waals surface area contributed by atoms with Crippen LogP contribution in [0.25, 0.3) is 5.52 Å². The molecule has 0 saturated heterocycles. The highest BCUT2D eigenvalue weighted by Gasteiger charge is 2.28. The van der Waals surface area contributed by atoms with Gasteiger partial charge in [-0.15, -0.1) is 11.8 Å². The molecule has 0 bridgehead atoms. The normalized spacial score (nSPS) is 16.1. The minimum absolute atomic E-state index is 0.707. The monoisotopic (exact) mass is 333 g/mol. The first kappa shape index (κ1) is 16.2. The van der Waals surface area contributed by atoms with E-state index >= 15 is 0 Å². The topological polar surface area (TPSA) is 66.6 Å². The van der Waals surface area contributed by atoms with E-state index in [1.165, 1.54) is 30.6 Å². The van der Waals surface area contributed by atoms with E-state index < -0.39 is 11.6 Å². The highest BCUT2D eigenvalue weighted by molar-refractivity contribution is 7.99. The van der Waals surface area contributed by atoms with Crippen molar-refractivity contribution in [2.75, 3.05) is 5.75 Å². The van der Waals surface area contributed by atoms with Crippen LogP contribution in [-0.2, 0) is 5.54 Å². The minimum atomic E-state index is -1.04. The molecule has 1 amide bonds. The van der Waals surface area contributed by atoms with Crippen LogP contribution < -0.4 is 5.32 Å². The zero-order valence-corrected chi connectivity index (χ0v) is 14.4. The standard InChI is InChI=1S/C17H23N3O2S/c1-17(2,19-16(21)22)15-18-10-13-14(8-5-9-20(13)15)23-11-12-6-3-4-7-12/h5,8-10,12,19H,3-4,6-7,11H2,1-2H3,(H,21,22). The van der Waals surface area contributed by atoms with Crippen LogP contribution in [0.4, 0.5) is 4.79 Å². The molecule has 23 heavy (non-hydrogen) atoms. The summed E-state index contributed by atoms with van der Waals surface area (Å²) in [7, 11) is 0. The number of fused-ring (bicyclic) bond motifs is 1. The maximum atomic E-state index is 11.0. The number of carboxylic acid groups (broad SMARTS) is 1. The van der Waals surface area contributed by atoms with Crippen LogP contribution in [0.1, 0.15) is 45.4 Å². The molecular weight excluding hydrogens is 310 g/mol. The number of imidazole rings is 1. The van der Waals surface area contributed by atoms with Crippen molar-refractivity contribution in [1.29, 1.82) is 0 Å². The maximum absolute atomic E-state index is 11.0. The largest absolute Gasteiger partial charge is 0.465 e. The molecule has 2 aromatic heterocycles. The molecule has 2 N–H and O–H groups in total. The molecule has 1 saturated carbocycles. The maximum Gasteiger partial charge on any atom is 0.405 e. The van der Waals surface area contributed by atoms with Gasteiger partial charge in [-0.25, -0.2) is 9.78 Å². The summed E-state index contributed by atoms with van der Waals surface area (Å²) in [6, 6.07) is 4.13. The SMILES string of the molecule is CC(C)(NC(=O)O)c1ncc2c(SCC3CCCC3)cccn12. The fourth-order valence-electron chi connectivity index (χ4n) is 3.29. The van der Waals surface area contributed by atoms with Crippen molar-refractivity contribution in [2.45, 2.75) is 50.0 Å². The van der Waals surface area contributed by atoms with Gasteiger partial charge in [0.25, 0.3) is 0 Å². The Morgan fingerprint density at radius 2 is 2.22 bits per heavy atom. The van der Waals surface area contributed by atoms with Crippen molar-refractivity contribution in [3.63, 3.8) is 0 Å². The van der Waals surface area contributed by atoms with Crippen molar-refractivity contribution in [1.82, 2.24) is 14.7 Å². The Kier molecular flexibility index (Phi) is 4.53. The number of nitrogens with one attached hydrogen (secondary N) is 1. The zero-order valence-electron chi connectivity index (χ0n) is 13.6. The van der Waals surface area contributed by atoms with Gasteiger partial charge in [-0.2, -0.15) is 0 Å². The lowest BCUT2D eigenvalue weighted by atomic mass is 10.1. The predicted molar refractivity (Wildman–Crippen MR) is 92.1 cm³/mol. The number of aromatic nitrogens is 2. The first-order valence-electron chi connectivity index (χ1n) is 8.08. The van der Waals surface area contributed by atoms with Gasteiger partial charge in [-0.1, -0.05) is 12.8 Å². The Labute approximate surface area is 140 Å². The fourth-order valence-corrected chi connectivity index (χ4v) is 4.51. The summed E-state index contributed by atoms with van der Waals surface area (Å²) in [6.07, 6.45) is 8.16. The highest BCUT2D eigenvalue weighted by Crippen LogP contribution is 2.33. The van der Waals surface area contributed by atoms with Crippen LogP contribution in [0.2, 0.25) is 0 Å². The fraction of sp³-hybridized carbons (Fsp3) is 0.529. The number of carbonyl (C=O) groups is 1. The lowest BCUT2D eigenvalue weighted by Crippen LogP contribution is -2.41. The van der Waals surface area contributed by atoms with Crippen molar-refractivity contribution >= 4 is 23.4 Å². The second-order valence-electron chi connectivity index (χ2n) is 6.73.